The summed E-state index contributed by atoms with van der Waals surface area (Å²) in [6, 6.07) is 9.95. The molecule has 3 aromatic rings. The zero-order chi connectivity index (χ0) is 17.1. The number of nitrogens with one attached hydrogen (secondary N) is 2. The topological polar surface area (TPSA) is 88.4 Å². The number of carbonyl (C=O) groups excluding carboxylic acids is 1. The van der Waals surface area contributed by atoms with Crippen molar-refractivity contribution in [2.75, 3.05) is 13.2 Å². The third-order valence-electron chi connectivity index (χ3n) is 4.06. The van der Waals surface area contributed by atoms with Gasteiger partial charge >= 0.3 is 0 Å². The van der Waals surface area contributed by atoms with Crippen LogP contribution in [-0.2, 0) is 11.9 Å². The molecule has 2 aromatic heterocycles. The smallest absolute Gasteiger partial charge is 0.269 e. The molecule has 0 radical (unpaired) electrons. The van der Waals surface area contributed by atoms with E-state index in [1.165, 1.54) is 0 Å². The van der Waals surface area contributed by atoms with E-state index in [0.717, 1.165) is 27.5 Å². The monoisotopic (exact) mass is 328 g/mol. The maximum atomic E-state index is 12.3. The minimum Gasteiger partial charge on any atom is -0.351 e. The van der Waals surface area contributed by atoms with Crippen LogP contribution in [0.2, 0.25) is 0 Å². The molecule has 0 fully saturated rings. The molecule has 1 amide bonds. The van der Waals surface area contributed by atoms with Gasteiger partial charge in [0, 0.05) is 29.9 Å². The van der Waals surface area contributed by atoms with E-state index in [1.807, 2.05) is 32.2 Å². The lowest BCUT2D eigenvalue weighted by Gasteiger charge is -2.07. The second kappa shape index (κ2) is 6.96. The molecule has 7 nitrogen and oxygen atoms in total. The van der Waals surface area contributed by atoms with Crippen molar-refractivity contribution in [2.45, 2.75) is 13.3 Å². The van der Waals surface area contributed by atoms with E-state index in [9.17, 15) is 4.79 Å². The van der Waals surface area contributed by atoms with E-state index in [1.54, 1.807) is 5.64 Å². The third kappa shape index (κ3) is 2.96. The Kier molecular flexibility index (Phi) is 4.75. The van der Waals surface area contributed by atoms with Gasteiger partial charge in [-0.2, -0.15) is 0 Å². The highest BCUT2D eigenvalue weighted by molar-refractivity contribution is 6.10. The Morgan fingerprint density at radius 2 is 2.12 bits per heavy atom. The Labute approximate surface area is 139 Å². The fourth-order valence-electron chi connectivity index (χ4n) is 3.01. The third-order valence-corrected chi connectivity index (χ3v) is 4.06. The van der Waals surface area contributed by atoms with Gasteiger partial charge in [0.1, 0.15) is 5.69 Å². The highest BCUT2D eigenvalue weighted by atomic mass is 16.8. The molecule has 0 bridgehead atoms. The van der Waals surface area contributed by atoms with Crippen LogP contribution in [0.5, 0.6) is 0 Å². The van der Waals surface area contributed by atoms with Crippen LogP contribution in [0.25, 0.3) is 21.8 Å². The van der Waals surface area contributed by atoms with Crippen LogP contribution in [0.15, 0.2) is 30.3 Å². The second-order valence-electron chi connectivity index (χ2n) is 5.61. The van der Waals surface area contributed by atoms with Crippen molar-refractivity contribution in [1.29, 1.82) is 0 Å². The van der Waals surface area contributed by atoms with Gasteiger partial charge in [0.2, 0.25) is 0 Å². The van der Waals surface area contributed by atoms with Crippen LogP contribution in [-0.4, -0.2) is 33.8 Å². The van der Waals surface area contributed by atoms with Gasteiger partial charge in [0.15, 0.2) is 0 Å². The van der Waals surface area contributed by atoms with Gasteiger partial charge in [-0.1, -0.05) is 23.8 Å². The first-order valence-electron chi connectivity index (χ1n) is 7.77. The van der Waals surface area contributed by atoms with Crippen LogP contribution in [0.1, 0.15) is 22.6 Å². The minimum atomic E-state index is -0.218. The molecule has 2 heterocycles. The molecule has 1 aromatic carbocycles. The van der Waals surface area contributed by atoms with Gasteiger partial charge in [-0.15, -0.1) is 0 Å². The number of pyridine rings is 1. The molecule has 0 aliphatic rings. The standard InChI is InChI=1S/C17H20N4O3/c1-11-16-13(12-6-3-4-7-15(12)21(16)2)10-14(19-11)17(22)18-8-5-9-24-20-23/h3-4,6-7,10,20,23H,5,8-9H2,1-2H3,(H,18,22). The van der Waals surface area contributed by atoms with E-state index in [4.69, 9.17) is 5.21 Å². The van der Waals surface area contributed by atoms with Crippen molar-refractivity contribution in [3.8, 4) is 0 Å². The number of hydrogen-bond acceptors (Lipinski definition) is 5. The summed E-state index contributed by atoms with van der Waals surface area (Å²) in [5, 5.41) is 13.2. The van der Waals surface area contributed by atoms with E-state index in [0.29, 0.717) is 25.3 Å². The van der Waals surface area contributed by atoms with E-state index >= 15 is 0 Å². The normalized spacial score (nSPS) is 11.3. The first kappa shape index (κ1) is 16.4. The summed E-state index contributed by atoms with van der Waals surface area (Å²) in [6.07, 6.45) is 0.578. The van der Waals surface area contributed by atoms with Crippen LogP contribution < -0.4 is 11.0 Å². The number of aryl methyl sites for hydroxylation is 2. The first-order valence-corrected chi connectivity index (χ1v) is 7.77. The molecule has 0 saturated carbocycles. The average molecular weight is 328 g/mol. The number of hydrogen-bond donors (Lipinski definition) is 3. The van der Waals surface area contributed by atoms with Gasteiger partial charge in [0.25, 0.3) is 5.91 Å². The van der Waals surface area contributed by atoms with Crippen LogP contribution in [0.3, 0.4) is 0 Å². The highest BCUT2D eigenvalue weighted by Gasteiger charge is 2.15. The summed E-state index contributed by atoms with van der Waals surface area (Å²) in [5.74, 6) is -0.218. The van der Waals surface area contributed by atoms with Gasteiger partial charge < -0.3 is 9.88 Å². The summed E-state index contributed by atoms with van der Waals surface area (Å²) in [6.45, 7) is 2.65. The molecule has 3 N–H and O–H groups in total. The number of amides is 1. The van der Waals surface area contributed by atoms with Crippen molar-refractivity contribution in [1.82, 2.24) is 20.5 Å². The van der Waals surface area contributed by atoms with Gasteiger partial charge in [-0.3, -0.25) is 14.8 Å². The number of carbonyl (C=O) groups is 1. The Balaban J connectivity index is 1.90. The maximum absolute atomic E-state index is 12.3. The Bertz CT molecular complexity index is 888. The quantitative estimate of drug-likeness (QED) is 0.476. The molecule has 0 unspecified atom stereocenters. The molecule has 0 atom stereocenters. The van der Waals surface area contributed by atoms with Gasteiger partial charge in [0.05, 0.1) is 17.8 Å². The first-order chi connectivity index (χ1) is 11.6. The predicted molar refractivity (Wildman–Crippen MR) is 90.8 cm³/mol. The second-order valence-corrected chi connectivity index (χ2v) is 5.61. The Hall–Kier alpha value is -2.48. The number of para-hydroxylation sites is 1. The van der Waals surface area contributed by atoms with Crippen molar-refractivity contribution >= 4 is 27.7 Å². The minimum absolute atomic E-state index is 0.218. The van der Waals surface area contributed by atoms with Crippen molar-refractivity contribution < 1.29 is 14.8 Å². The fourth-order valence-corrected chi connectivity index (χ4v) is 3.01. The van der Waals surface area contributed by atoms with Gasteiger partial charge in [-0.25, -0.2) is 4.98 Å². The zero-order valence-corrected chi connectivity index (χ0v) is 13.7. The molecule has 24 heavy (non-hydrogen) atoms. The van der Waals surface area contributed by atoms with Crippen molar-refractivity contribution in [2.24, 2.45) is 7.05 Å². The van der Waals surface area contributed by atoms with Crippen LogP contribution in [0, 0.1) is 6.92 Å². The number of fused-ring (bicyclic) bond motifs is 3. The largest absolute Gasteiger partial charge is 0.351 e. The molecule has 0 aliphatic carbocycles. The zero-order valence-electron chi connectivity index (χ0n) is 13.7. The molecule has 3 rings (SSSR count). The van der Waals surface area contributed by atoms with E-state index in [2.05, 4.69) is 31.8 Å². The fraction of sp³-hybridized carbons (Fsp3) is 0.294. The van der Waals surface area contributed by atoms with Crippen LogP contribution in [0.4, 0.5) is 0 Å². The highest BCUT2D eigenvalue weighted by Crippen LogP contribution is 2.29. The Morgan fingerprint density at radius 1 is 1.33 bits per heavy atom. The number of benzene rings is 1. The molecule has 0 aliphatic heterocycles. The number of nitrogens with zero attached hydrogens (tertiary/aromatic N) is 2. The lowest BCUT2D eigenvalue weighted by Crippen LogP contribution is -2.26. The SMILES string of the molecule is Cc1nc(C(=O)NCCCONO)cc2c3ccccc3n(C)c12. The molecule has 7 heteroatoms. The van der Waals surface area contributed by atoms with Crippen molar-refractivity contribution in [3.05, 3.63) is 41.7 Å². The number of rotatable bonds is 6. The van der Waals surface area contributed by atoms with E-state index in [-0.39, 0.29) is 5.91 Å². The summed E-state index contributed by atoms with van der Waals surface area (Å²) in [5.41, 5.74) is 4.98. The summed E-state index contributed by atoms with van der Waals surface area (Å²) in [4.78, 5) is 21.4. The predicted octanol–water partition coefficient (Wildman–Crippen LogP) is 2.07. The molecular weight excluding hydrogens is 308 g/mol. The summed E-state index contributed by atoms with van der Waals surface area (Å²) >= 11 is 0. The molecule has 126 valence electrons. The molecular formula is C17H20N4O3. The summed E-state index contributed by atoms with van der Waals surface area (Å²) < 4.78 is 2.11. The molecule has 0 spiro atoms. The number of aromatic nitrogens is 2. The van der Waals surface area contributed by atoms with E-state index < -0.39 is 0 Å². The van der Waals surface area contributed by atoms with Gasteiger partial charge in [-0.05, 0) is 25.5 Å². The van der Waals surface area contributed by atoms with Crippen molar-refractivity contribution in [3.63, 3.8) is 0 Å². The lowest BCUT2D eigenvalue weighted by molar-refractivity contribution is -0.127. The van der Waals surface area contributed by atoms with Crippen LogP contribution >= 0.6 is 0 Å². The molecule has 0 saturated heterocycles. The maximum Gasteiger partial charge on any atom is 0.269 e. The Morgan fingerprint density at radius 3 is 2.92 bits per heavy atom. The summed E-state index contributed by atoms with van der Waals surface area (Å²) in [7, 11) is 2.01. The lowest BCUT2D eigenvalue weighted by atomic mass is 10.1. The average Bonchev–Trinajstić information content (AvgIpc) is 2.88.